The van der Waals surface area contributed by atoms with Crippen molar-refractivity contribution in [2.45, 2.75) is 46.8 Å². The Morgan fingerprint density at radius 2 is 1.82 bits per heavy atom. The minimum Gasteiger partial charge on any atom is -0.256 e. The summed E-state index contributed by atoms with van der Waals surface area (Å²) in [4.78, 5) is 4.57. The lowest BCUT2D eigenvalue weighted by atomic mass is 10.0. The van der Waals surface area contributed by atoms with Crippen molar-refractivity contribution in [1.82, 2.24) is 4.98 Å². The molecule has 1 aromatic heterocycles. The zero-order chi connectivity index (χ0) is 16.5. The van der Waals surface area contributed by atoms with Gasteiger partial charge in [-0.3, -0.25) is 4.98 Å². The van der Waals surface area contributed by atoms with Crippen molar-refractivity contribution < 1.29 is 4.39 Å². The maximum atomic E-state index is 14.2. The highest BCUT2D eigenvalue weighted by Crippen LogP contribution is 2.23. The quantitative estimate of drug-likeness (QED) is 0.728. The number of benzene rings is 1. The van der Waals surface area contributed by atoms with Crippen LogP contribution in [-0.4, -0.2) is 13.1 Å². The van der Waals surface area contributed by atoms with E-state index >= 15 is 0 Å². The molecule has 0 aliphatic rings. The van der Waals surface area contributed by atoms with Crippen molar-refractivity contribution >= 4 is 13.3 Å². The van der Waals surface area contributed by atoms with E-state index in [2.05, 4.69) is 44.5 Å². The Kier molecular flexibility index (Phi) is 4.86. The van der Waals surface area contributed by atoms with Gasteiger partial charge < -0.3 is 0 Å². The number of rotatable bonds is 4. The smallest absolute Gasteiger partial charge is 0.132 e. The molecule has 0 radical (unpaired) electrons. The third-order valence-corrected chi connectivity index (χ3v) is 5.89. The normalized spacial score (nSPS) is 12.0. The zero-order valence-corrected chi connectivity index (χ0v) is 15.5. The molecule has 0 spiro atoms. The van der Waals surface area contributed by atoms with Gasteiger partial charge in [-0.1, -0.05) is 39.6 Å². The van der Waals surface area contributed by atoms with Crippen LogP contribution in [0.3, 0.4) is 0 Å². The van der Waals surface area contributed by atoms with Crippen LogP contribution in [0.4, 0.5) is 4.39 Å². The van der Waals surface area contributed by atoms with E-state index in [9.17, 15) is 4.39 Å². The lowest BCUT2D eigenvalue weighted by molar-refractivity contribution is 0.629. The van der Waals surface area contributed by atoms with Crippen LogP contribution in [0.1, 0.15) is 25.0 Å². The van der Waals surface area contributed by atoms with E-state index in [0.29, 0.717) is 11.5 Å². The van der Waals surface area contributed by atoms with Gasteiger partial charge in [0.2, 0.25) is 0 Å². The van der Waals surface area contributed by atoms with Crippen molar-refractivity contribution in [1.29, 1.82) is 0 Å². The first kappa shape index (κ1) is 16.9. The second-order valence-corrected chi connectivity index (χ2v) is 12.6. The Hall–Kier alpha value is -1.48. The van der Waals surface area contributed by atoms with Gasteiger partial charge in [0, 0.05) is 11.8 Å². The molecule has 0 bridgehead atoms. The first-order valence-electron chi connectivity index (χ1n) is 7.94. The third-order valence-electron chi connectivity index (χ3n) is 3.83. The van der Waals surface area contributed by atoms with Gasteiger partial charge in [0.1, 0.15) is 5.82 Å². The number of nitrogens with zero attached hydrogens (tertiary/aromatic N) is 1. The molecular weight excluding hydrogens is 289 g/mol. The molecular formula is C19H26FNSi. The average Bonchev–Trinajstić information content (AvgIpc) is 2.36. The van der Waals surface area contributed by atoms with Crippen LogP contribution in [-0.2, 0) is 6.42 Å². The predicted molar refractivity (Wildman–Crippen MR) is 95.9 cm³/mol. The topological polar surface area (TPSA) is 12.9 Å². The molecule has 1 heterocycles. The highest BCUT2D eigenvalue weighted by molar-refractivity contribution is 6.89. The van der Waals surface area contributed by atoms with Gasteiger partial charge in [-0.2, -0.15) is 0 Å². The van der Waals surface area contributed by atoms with Gasteiger partial charge in [0.25, 0.3) is 0 Å². The van der Waals surface area contributed by atoms with Crippen LogP contribution >= 0.6 is 0 Å². The highest BCUT2D eigenvalue weighted by atomic mass is 28.3. The van der Waals surface area contributed by atoms with Gasteiger partial charge in [-0.05, 0) is 53.8 Å². The summed E-state index contributed by atoms with van der Waals surface area (Å²) in [7, 11) is -1.45. The second kappa shape index (κ2) is 6.33. The molecule has 22 heavy (non-hydrogen) atoms. The maximum absolute atomic E-state index is 14.2. The molecule has 0 saturated heterocycles. The van der Waals surface area contributed by atoms with E-state index in [1.807, 2.05) is 25.3 Å². The molecule has 0 aliphatic heterocycles. The summed E-state index contributed by atoms with van der Waals surface area (Å²) < 4.78 is 14.2. The first-order chi connectivity index (χ1) is 10.2. The molecule has 0 unspecified atom stereocenters. The van der Waals surface area contributed by atoms with E-state index in [1.165, 1.54) is 10.8 Å². The van der Waals surface area contributed by atoms with Crippen molar-refractivity contribution in [2.24, 2.45) is 5.92 Å². The molecule has 1 aromatic carbocycles. The summed E-state index contributed by atoms with van der Waals surface area (Å²) in [6.07, 6.45) is 3.00. The van der Waals surface area contributed by atoms with E-state index < -0.39 is 8.07 Å². The number of halogens is 1. The Morgan fingerprint density at radius 3 is 2.36 bits per heavy atom. The van der Waals surface area contributed by atoms with Gasteiger partial charge in [-0.25, -0.2) is 4.39 Å². The van der Waals surface area contributed by atoms with Crippen molar-refractivity contribution in [2.75, 3.05) is 0 Å². The molecule has 118 valence electrons. The van der Waals surface area contributed by atoms with E-state index in [1.54, 1.807) is 6.07 Å². The van der Waals surface area contributed by atoms with Crippen LogP contribution < -0.4 is 5.19 Å². The Labute approximate surface area is 134 Å². The van der Waals surface area contributed by atoms with Crippen molar-refractivity contribution in [3.8, 4) is 11.3 Å². The summed E-state index contributed by atoms with van der Waals surface area (Å²) in [5.74, 6) is 0.386. The first-order valence-corrected chi connectivity index (χ1v) is 11.4. The minimum absolute atomic E-state index is 0.191. The van der Waals surface area contributed by atoms with Crippen molar-refractivity contribution in [3.63, 3.8) is 0 Å². The number of pyridine rings is 1. The fourth-order valence-electron chi connectivity index (χ4n) is 2.76. The molecule has 0 fully saturated rings. The molecule has 0 aliphatic carbocycles. The van der Waals surface area contributed by atoms with Crippen LogP contribution in [0.2, 0.25) is 19.6 Å². The van der Waals surface area contributed by atoms with Crippen LogP contribution in [0.25, 0.3) is 11.3 Å². The van der Waals surface area contributed by atoms with E-state index in [-0.39, 0.29) is 5.82 Å². The summed E-state index contributed by atoms with van der Waals surface area (Å²) in [6.45, 7) is 13.3. The molecule has 3 heteroatoms. The molecule has 2 rings (SSSR count). The highest BCUT2D eigenvalue weighted by Gasteiger charge is 2.22. The van der Waals surface area contributed by atoms with Gasteiger partial charge >= 0.3 is 0 Å². The standard InChI is InChI=1S/C19H26FNSi/c1-13(2)9-15-11-18(21-12-19(15)22(4,5)6)16-8-7-14(3)10-17(16)20/h7-8,10-13H,9H2,1-6H3. The lowest BCUT2D eigenvalue weighted by Crippen LogP contribution is -2.40. The fraction of sp³-hybridized carbons (Fsp3) is 0.421. The number of aromatic nitrogens is 1. The summed E-state index contributed by atoms with van der Waals surface area (Å²) in [5.41, 5.74) is 3.61. The molecule has 2 aromatic rings. The SMILES string of the molecule is Cc1ccc(-c2cc(CC(C)C)c([Si](C)(C)C)cn2)c(F)c1. The summed E-state index contributed by atoms with van der Waals surface area (Å²) in [5, 5.41) is 1.39. The lowest BCUT2D eigenvalue weighted by Gasteiger charge is -2.22. The van der Waals surface area contributed by atoms with Crippen LogP contribution in [0.15, 0.2) is 30.5 Å². The van der Waals surface area contributed by atoms with Gasteiger partial charge in [0.05, 0.1) is 13.8 Å². The molecule has 0 atom stereocenters. The van der Waals surface area contributed by atoms with E-state index in [4.69, 9.17) is 0 Å². The Bertz CT molecular complexity index is 672. The summed E-state index contributed by atoms with van der Waals surface area (Å²) >= 11 is 0. The van der Waals surface area contributed by atoms with Gasteiger partial charge in [-0.15, -0.1) is 0 Å². The van der Waals surface area contributed by atoms with Crippen LogP contribution in [0, 0.1) is 18.7 Å². The molecule has 0 N–H and O–H groups in total. The minimum atomic E-state index is -1.45. The van der Waals surface area contributed by atoms with Crippen molar-refractivity contribution in [3.05, 3.63) is 47.4 Å². The largest absolute Gasteiger partial charge is 0.256 e. The second-order valence-electron chi connectivity index (χ2n) is 7.56. The average molecular weight is 316 g/mol. The maximum Gasteiger partial charge on any atom is 0.132 e. The fourth-order valence-corrected chi connectivity index (χ4v) is 4.35. The monoisotopic (exact) mass is 315 g/mol. The molecule has 0 amide bonds. The Morgan fingerprint density at radius 1 is 1.14 bits per heavy atom. The summed E-state index contributed by atoms with van der Waals surface area (Å²) in [6, 6.07) is 7.45. The zero-order valence-electron chi connectivity index (χ0n) is 14.5. The molecule has 1 nitrogen and oxygen atoms in total. The van der Waals surface area contributed by atoms with E-state index in [0.717, 1.165) is 17.7 Å². The molecule has 0 saturated carbocycles. The third kappa shape index (κ3) is 3.83. The van der Waals surface area contributed by atoms with Gasteiger partial charge in [0.15, 0.2) is 0 Å². The predicted octanol–water partition coefficient (Wildman–Crippen LogP) is 4.94. The van der Waals surface area contributed by atoms with Crippen LogP contribution in [0.5, 0.6) is 0 Å². The number of hydrogen-bond donors (Lipinski definition) is 0. The Balaban J connectivity index is 2.55. The number of aryl methyl sites for hydroxylation is 1. The number of hydrogen-bond acceptors (Lipinski definition) is 1.